The summed E-state index contributed by atoms with van der Waals surface area (Å²) in [7, 11) is 0. The number of aliphatic hydroxyl groups is 1. The highest BCUT2D eigenvalue weighted by Gasteiger charge is 2.24. The lowest BCUT2D eigenvalue weighted by molar-refractivity contribution is 0.0860. The molecule has 1 unspecified atom stereocenters. The van der Waals surface area contributed by atoms with Gasteiger partial charge in [-0.25, -0.2) is 0 Å². The molecule has 0 amide bonds. The van der Waals surface area contributed by atoms with Crippen LogP contribution < -0.4 is 5.32 Å². The molecular weight excluding hydrogens is 234 g/mol. The van der Waals surface area contributed by atoms with Crippen molar-refractivity contribution in [1.29, 1.82) is 0 Å². The summed E-state index contributed by atoms with van der Waals surface area (Å²) in [5.41, 5.74) is 1.29. The standard InChI is InChI=1S/C14H21NO.ClH/c1-11(12-7-3-2-4-8-12)15-13-9-5-6-10-14(13)16;/h2-4,7-8,11,13-16H,5-6,9-10H2,1H3;1H/t11-,13?,14-;/m1./s1. The third kappa shape index (κ3) is 3.98. The van der Waals surface area contributed by atoms with Crippen LogP contribution >= 0.6 is 12.4 Å². The van der Waals surface area contributed by atoms with Crippen molar-refractivity contribution in [3.8, 4) is 0 Å². The van der Waals surface area contributed by atoms with E-state index in [1.807, 2.05) is 6.07 Å². The molecule has 0 aliphatic heterocycles. The van der Waals surface area contributed by atoms with Crippen molar-refractivity contribution in [2.24, 2.45) is 0 Å². The number of benzene rings is 1. The lowest BCUT2D eigenvalue weighted by atomic mass is 9.91. The Bertz CT molecular complexity index is 317. The van der Waals surface area contributed by atoms with Gasteiger partial charge in [-0.1, -0.05) is 43.2 Å². The third-order valence-corrected chi connectivity index (χ3v) is 3.49. The van der Waals surface area contributed by atoms with Crippen LogP contribution in [0.2, 0.25) is 0 Å². The maximum Gasteiger partial charge on any atom is 0.0693 e. The fraction of sp³-hybridized carbons (Fsp3) is 0.571. The van der Waals surface area contributed by atoms with Crippen molar-refractivity contribution in [2.75, 3.05) is 0 Å². The number of hydrogen-bond acceptors (Lipinski definition) is 2. The molecular formula is C14H22ClNO. The summed E-state index contributed by atoms with van der Waals surface area (Å²) in [6.07, 6.45) is 4.27. The summed E-state index contributed by atoms with van der Waals surface area (Å²) in [5.74, 6) is 0. The van der Waals surface area contributed by atoms with Gasteiger partial charge >= 0.3 is 0 Å². The first kappa shape index (κ1) is 14.5. The van der Waals surface area contributed by atoms with Crippen molar-refractivity contribution in [1.82, 2.24) is 5.32 Å². The molecule has 0 aromatic heterocycles. The van der Waals surface area contributed by atoms with Crippen molar-refractivity contribution < 1.29 is 5.11 Å². The fourth-order valence-electron chi connectivity index (χ4n) is 2.46. The fourth-order valence-corrected chi connectivity index (χ4v) is 2.46. The van der Waals surface area contributed by atoms with Gasteiger partial charge in [-0.3, -0.25) is 0 Å². The Morgan fingerprint density at radius 1 is 1.18 bits per heavy atom. The number of nitrogens with one attached hydrogen (secondary N) is 1. The zero-order valence-electron chi connectivity index (χ0n) is 10.3. The van der Waals surface area contributed by atoms with E-state index >= 15 is 0 Å². The van der Waals surface area contributed by atoms with Gasteiger partial charge in [0.2, 0.25) is 0 Å². The molecule has 1 saturated carbocycles. The van der Waals surface area contributed by atoms with E-state index in [1.165, 1.54) is 18.4 Å². The van der Waals surface area contributed by atoms with Crippen molar-refractivity contribution >= 4 is 12.4 Å². The number of hydrogen-bond donors (Lipinski definition) is 2. The Morgan fingerprint density at radius 2 is 1.82 bits per heavy atom. The summed E-state index contributed by atoms with van der Waals surface area (Å²) < 4.78 is 0. The normalized spacial score (nSPS) is 26.0. The summed E-state index contributed by atoms with van der Waals surface area (Å²) >= 11 is 0. The second kappa shape index (κ2) is 7.00. The van der Waals surface area contributed by atoms with Gasteiger partial charge in [0.1, 0.15) is 0 Å². The molecule has 2 N–H and O–H groups in total. The van der Waals surface area contributed by atoms with E-state index in [1.54, 1.807) is 0 Å². The summed E-state index contributed by atoms with van der Waals surface area (Å²) in [5, 5.41) is 13.4. The first-order valence-electron chi connectivity index (χ1n) is 6.26. The lowest BCUT2D eigenvalue weighted by Gasteiger charge is -2.31. The second-order valence-electron chi connectivity index (χ2n) is 4.76. The van der Waals surface area contributed by atoms with Gasteiger partial charge in [0.15, 0.2) is 0 Å². The molecule has 0 bridgehead atoms. The summed E-state index contributed by atoms with van der Waals surface area (Å²) in [6.45, 7) is 2.16. The van der Waals surface area contributed by atoms with Gasteiger partial charge < -0.3 is 10.4 Å². The average molecular weight is 256 g/mol. The molecule has 1 aromatic carbocycles. The Morgan fingerprint density at radius 3 is 2.47 bits per heavy atom. The van der Waals surface area contributed by atoms with Crippen molar-refractivity contribution in [3.05, 3.63) is 35.9 Å². The minimum atomic E-state index is -0.167. The van der Waals surface area contributed by atoms with Crippen LogP contribution in [-0.4, -0.2) is 17.3 Å². The van der Waals surface area contributed by atoms with E-state index in [0.717, 1.165) is 12.8 Å². The van der Waals surface area contributed by atoms with Gasteiger partial charge in [0, 0.05) is 12.1 Å². The van der Waals surface area contributed by atoms with E-state index in [0.29, 0.717) is 6.04 Å². The lowest BCUT2D eigenvalue weighted by Crippen LogP contribution is -2.43. The monoisotopic (exact) mass is 255 g/mol. The van der Waals surface area contributed by atoms with Gasteiger partial charge in [0.05, 0.1) is 6.10 Å². The van der Waals surface area contributed by atoms with Gasteiger partial charge in [-0.05, 0) is 25.3 Å². The molecule has 1 aliphatic rings. The van der Waals surface area contributed by atoms with Crippen LogP contribution in [0.3, 0.4) is 0 Å². The summed E-state index contributed by atoms with van der Waals surface area (Å²) in [4.78, 5) is 0. The Labute approximate surface area is 110 Å². The van der Waals surface area contributed by atoms with E-state index in [2.05, 4.69) is 36.5 Å². The zero-order valence-corrected chi connectivity index (χ0v) is 11.1. The van der Waals surface area contributed by atoms with Crippen molar-refractivity contribution in [2.45, 2.75) is 50.8 Å². The minimum Gasteiger partial charge on any atom is -0.392 e. The minimum absolute atomic E-state index is 0. The molecule has 0 heterocycles. The average Bonchev–Trinajstić information content (AvgIpc) is 2.33. The predicted molar refractivity (Wildman–Crippen MR) is 73.5 cm³/mol. The highest BCUT2D eigenvalue weighted by atomic mass is 35.5. The highest BCUT2D eigenvalue weighted by Crippen LogP contribution is 2.21. The molecule has 0 saturated heterocycles. The van der Waals surface area contributed by atoms with Crippen molar-refractivity contribution in [3.63, 3.8) is 0 Å². The molecule has 2 rings (SSSR count). The number of halogens is 1. The van der Waals surface area contributed by atoms with Gasteiger partial charge in [-0.15, -0.1) is 12.4 Å². The largest absolute Gasteiger partial charge is 0.392 e. The van der Waals surface area contributed by atoms with Gasteiger partial charge in [-0.2, -0.15) is 0 Å². The molecule has 1 fully saturated rings. The Balaban J connectivity index is 0.00000144. The first-order valence-corrected chi connectivity index (χ1v) is 6.26. The molecule has 3 heteroatoms. The molecule has 2 nitrogen and oxygen atoms in total. The highest BCUT2D eigenvalue weighted by molar-refractivity contribution is 5.85. The SMILES string of the molecule is C[C@@H](NC1CCCC[C@H]1O)c1ccccc1.Cl. The van der Waals surface area contributed by atoms with E-state index in [4.69, 9.17) is 0 Å². The Hall–Kier alpha value is -0.570. The van der Waals surface area contributed by atoms with Crippen LogP contribution in [0.5, 0.6) is 0 Å². The summed E-state index contributed by atoms with van der Waals surface area (Å²) in [6, 6.07) is 11.0. The zero-order chi connectivity index (χ0) is 11.4. The van der Waals surface area contributed by atoms with E-state index < -0.39 is 0 Å². The molecule has 3 atom stereocenters. The van der Waals surface area contributed by atoms with Crippen LogP contribution in [0, 0.1) is 0 Å². The second-order valence-corrected chi connectivity index (χ2v) is 4.76. The number of rotatable bonds is 3. The molecule has 17 heavy (non-hydrogen) atoms. The third-order valence-electron chi connectivity index (χ3n) is 3.49. The van der Waals surface area contributed by atoms with Crippen LogP contribution in [-0.2, 0) is 0 Å². The topological polar surface area (TPSA) is 32.3 Å². The molecule has 1 aromatic rings. The number of aliphatic hydroxyl groups excluding tert-OH is 1. The predicted octanol–water partition coefficient (Wildman–Crippen LogP) is 3.06. The molecule has 1 aliphatic carbocycles. The Kier molecular flexibility index (Phi) is 5.96. The molecule has 0 spiro atoms. The first-order chi connectivity index (χ1) is 7.77. The van der Waals surface area contributed by atoms with Gasteiger partial charge in [0.25, 0.3) is 0 Å². The maximum absolute atomic E-state index is 9.90. The van der Waals surface area contributed by atoms with Crippen LogP contribution in [0.25, 0.3) is 0 Å². The molecule has 96 valence electrons. The quantitative estimate of drug-likeness (QED) is 0.870. The van der Waals surface area contributed by atoms with Crippen LogP contribution in [0.4, 0.5) is 0 Å². The van der Waals surface area contributed by atoms with E-state index in [-0.39, 0.29) is 24.6 Å². The molecule has 0 radical (unpaired) electrons. The van der Waals surface area contributed by atoms with Crippen LogP contribution in [0.15, 0.2) is 30.3 Å². The van der Waals surface area contributed by atoms with Crippen LogP contribution in [0.1, 0.15) is 44.2 Å². The van der Waals surface area contributed by atoms with E-state index in [9.17, 15) is 5.11 Å². The smallest absolute Gasteiger partial charge is 0.0693 e. The maximum atomic E-state index is 9.90.